The number of carbonyl (C=O) groups is 1. The second-order valence-electron chi connectivity index (χ2n) is 7.08. The van der Waals surface area contributed by atoms with Gasteiger partial charge < -0.3 is 15.1 Å². The van der Waals surface area contributed by atoms with E-state index in [2.05, 4.69) is 11.8 Å². The van der Waals surface area contributed by atoms with Crippen LogP contribution in [0, 0.1) is 11.8 Å². The van der Waals surface area contributed by atoms with Crippen molar-refractivity contribution in [2.45, 2.75) is 43.3 Å². The van der Waals surface area contributed by atoms with Gasteiger partial charge in [0.2, 0.25) is 0 Å². The summed E-state index contributed by atoms with van der Waals surface area (Å²) in [5.41, 5.74) is 2.83. The highest BCUT2D eigenvalue weighted by atomic mass is 32.2. The van der Waals surface area contributed by atoms with Gasteiger partial charge in [-0.15, -0.1) is 0 Å². The number of alkyl halides is 1. The summed E-state index contributed by atoms with van der Waals surface area (Å²) in [6, 6.07) is 6.81. The first-order valence-electron chi connectivity index (χ1n) is 9.02. The third-order valence-corrected chi connectivity index (χ3v) is 6.99. The van der Waals surface area contributed by atoms with Crippen LogP contribution in [0.4, 0.5) is 14.9 Å². The number of benzene rings is 1. The molecular formula is C19H25FN2O6S. The number of aliphatic hydroxyl groups excluding tert-OH is 1. The molecule has 1 aliphatic heterocycles. The molecule has 1 amide bonds. The SMILES string of the molecule is CC(CC1CN(c2ccc(C#CCCCF)cc2)C(=O)O1)(C(O)NO)S(C)(=O)=O. The number of cyclic esters (lactones) is 1. The maximum Gasteiger partial charge on any atom is 0.414 e. The molecule has 1 heterocycles. The normalized spacial score (nSPS) is 19.8. The number of anilines is 1. The molecule has 29 heavy (non-hydrogen) atoms. The monoisotopic (exact) mass is 428 g/mol. The van der Waals surface area contributed by atoms with E-state index in [1.165, 1.54) is 11.8 Å². The highest BCUT2D eigenvalue weighted by Crippen LogP contribution is 2.31. The van der Waals surface area contributed by atoms with Gasteiger partial charge in [-0.25, -0.2) is 13.2 Å². The summed E-state index contributed by atoms with van der Waals surface area (Å²) < 4.78 is 39.9. The Labute approximate surface area is 169 Å². The zero-order chi connectivity index (χ0) is 21.7. The Kier molecular flexibility index (Phi) is 7.60. The zero-order valence-corrected chi connectivity index (χ0v) is 17.1. The molecule has 0 radical (unpaired) electrons. The van der Waals surface area contributed by atoms with E-state index in [1.54, 1.807) is 29.7 Å². The predicted molar refractivity (Wildman–Crippen MR) is 105 cm³/mol. The van der Waals surface area contributed by atoms with Gasteiger partial charge in [-0.3, -0.25) is 9.29 Å². The van der Waals surface area contributed by atoms with Crippen molar-refractivity contribution in [3.63, 3.8) is 0 Å². The van der Waals surface area contributed by atoms with Crippen molar-refractivity contribution in [3.8, 4) is 11.8 Å². The minimum Gasteiger partial charge on any atom is -0.444 e. The van der Waals surface area contributed by atoms with Crippen LogP contribution in [0.3, 0.4) is 0 Å². The third kappa shape index (κ3) is 5.45. The number of ether oxygens (including phenoxy) is 1. The van der Waals surface area contributed by atoms with Crippen LogP contribution in [0.15, 0.2) is 24.3 Å². The molecule has 1 aromatic carbocycles. The Morgan fingerprint density at radius 1 is 1.41 bits per heavy atom. The van der Waals surface area contributed by atoms with Crippen LogP contribution < -0.4 is 10.4 Å². The van der Waals surface area contributed by atoms with Crippen molar-refractivity contribution >= 4 is 21.6 Å². The summed E-state index contributed by atoms with van der Waals surface area (Å²) >= 11 is 0. The van der Waals surface area contributed by atoms with E-state index < -0.39 is 39.7 Å². The second-order valence-corrected chi connectivity index (χ2v) is 9.56. The third-order valence-electron chi connectivity index (χ3n) is 4.90. The van der Waals surface area contributed by atoms with E-state index in [0.29, 0.717) is 18.5 Å². The van der Waals surface area contributed by atoms with Gasteiger partial charge >= 0.3 is 6.09 Å². The molecule has 1 aliphatic rings. The van der Waals surface area contributed by atoms with E-state index in [0.717, 1.165) is 11.8 Å². The number of hydroxylamine groups is 1. The number of hydrogen-bond donors (Lipinski definition) is 3. The molecule has 0 aliphatic carbocycles. The lowest BCUT2D eigenvalue weighted by atomic mass is 10.0. The largest absolute Gasteiger partial charge is 0.444 e. The molecule has 10 heteroatoms. The number of unbranched alkanes of at least 4 members (excludes halogenated alkanes) is 1. The molecule has 2 rings (SSSR count). The van der Waals surface area contributed by atoms with E-state index in [-0.39, 0.29) is 13.0 Å². The van der Waals surface area contributed by atoms with Crippen molar-refractivity contribution in [2.75, 3.05) is 24.4 Å². The van der Waals surface area contributed by atoms with Gasteiger partial charge in [-0.05, 0) is 37.6 Å². The van der Waals surface area contributed by atoms with Crippen LogP contribution in [-0.2, 0) is 14.6 Å². The Morgan fingerprint density at radius 3 is 2.62 bits per heavy atom. The fourth-order valence-corrected chi connectivity index (χ4v) is 3.88. The van der Waals surface area contributed by atoms with Crippen molar-refractivity contribution in [1.29, 1.82) is 0 Å². The summed E-state index contributed by atoms with van der Waals surface area (Å²) in [6.45, 7) is 0.947. The molecule has 1 saturated heterocycles. The molecule has 8 nitrogen and oxygen atoms in total. The number of sulfone groups is 1. The lowest BCUT2D eigenvalue weighted by Gasteiger charge is -2.33. The Bertz CT molecular complexity index is 880. The number of rotatable bonds is 8. The van der Waals surface area contributed by atoms with Gasteiger partial charge in [0.05, 0.1) is 13.2 Å². The molecule has 0 spiro atoms. The quantitative estimate of drug-likeness (QED) is 0.249. The summed E-state index contributed by atoms with van der Waals surface area (Å²) in [7, 11) is -3.80. The number of nitrogens with one attached hydrogen (secondary N) is 1. The lowest BCUT2D eigenvalue weighted by Crippen LogP contribution is -2.54. The topological polar surface area (TPSA) is 116 Å². The number of hydrogen-bond acceptors (Lipinski definition) is 7. The van der Waals surface area contributed by atoms with Gasteiger partial charge in [-0.2, -0.15) is 5.48 Å². The lowest BCUT2D eigenvalue weighted by molar-refractivity contribution is -0.0292. The van der Waals surface area contributed by atoms with Gasteiger partial charge in [0.15, 0.2) is 9.84 Å². The number of carbonyl (C=O) groups excluding carboxylic acids is 1. The molecule has 1 aromatic rings. The maximum atomic E-state index is 12.3. The van der Waals surface area contributed by atoms with E-state index in [1.807, 2.05) is 0 Å². The summed E-state index contributed by atoms with van der Waals surface area (Å²) in [5.74, 6) is 5.77. The minimum atomic E-state index is -3.80. The molecule has 1 fully saturated rings. The number of amides is 1. The van der Waals surface area contributed by atoms with E-state index in [4.69, 9.17) is 9.94 Å². The van der Waals surface area contributed by atoms with Crippen LogP contribution in [0.1, 0.15) is 31.7 Å². The Morgan fingerprint density at radius 2 is 2.07 bits per heavy atom. The maximum absolute atomic E-state index is 12.3. The zero-order valence-electron chi connectivity index (χ0n) is 16.3. The molecular weight excluding hydrogens is 403 g/mol. The highest BCUT2D eigenvalue weighted by molar-refractivity contribution is 7.92. The second kappa shape index (κ2) is 9.54. The van der Waals surface area contributed by atoms with Crippen molar-refractivity contribution in [3.05, 3.63) is 29.8 Å². The first-order valence-corrected chi connectivity index (χ1v) is 10.9. The van der Waals surface area contributed by atoms with Gasteiger partial charge in [-0.1, -0.05) is 11.8 Å². The van der Waals surface area contributed by atoms with Gasteiger partial charge in [0.25, 0.3) is 0 Å². The number of halogens is 1. The Hall–Kier alpha value is -2.19. The molecule has 0 bridgehead atoms. The standard InChI is InChI=1S/C19H25FN2O6S/c1-19(17(23)21-25,29(2,26)27)12-16-13-22(18(24)28-16)15-9-7-14(8-10-15)6-4-3-5-11-20/h7-10,16-17,21,23,25H,3,5,11-13H2,1-2H3. The minimum absolute atomic E-state index is 0.0869. The first-order chi connectivity index (χ1) is 13.6. The summed E-state index contributed by atoms with van der Waals surface area (Å²) in [5, 5.41) is 18.9. The molecule has 0 aromatic heterocycles. The summed E-state index contributed by atoms with van der Waals surface area (Å²) in [4.78, 5) is 13.6. The number of nitrogens with zero attached hydrogens (tertiary/aromatic N) is 1. The highest BCUT2D eigenvalue weighted by Gasteiger charge is 2.47. The van der Waals surface area contributed by atoms with Crippen LogP contribution in [0.5, 0.6) is 0 Å². The van der Waals surface area contributed by atoms with Crippen molar-refractivity contribution in [1.82, 2.24) is 5.48 Å². The van der Waals surface area contributed by atoms with E-state index >= 15 is 0 Å². The summed E-state index contributed by atoms with van der Waals surface area (Å²) in [6.07, 6.45) is -1.61. The smallest absolute Gasteiger partial charge is 0.414 e. The fraction of sp³-hybridized carbons (Fsp3) is 0.526. The van der Waals surface area contributed by atoms with Gasteiger partial charge in [0.1, 0.15) is 17.1 Å². The van der Waals surface area contributed by atoms with Crippen LogP contribution >= 0.6 is 0 Å². The molecule has 0 saturated carbocycles. The molecule has 3 unspecified atom stereocenters. The van der Waals surface area contributed by atoms with Crippen LogP contribution in [-0.4, -0.2) is 61.4 Å². The van der Waals surface area contributed by atoms with Crippen molar-refractivity contribution in [2.24, 2.45) is 0 Å². The predicted octanol–water partition coefficient (Wildman–Crippen LogP) is 1.60. The average molecular weight is 428 g/mol. The van der Waals surface area contributed by atoms with Crippen LogP contribution in [0.25, 0.3) is 0 Å². The molecule has 3 N–H and O–H groups in total. The first kappa shape index (κ1) is 23.1. The van der Waals surface area contributed by atoms with Gasteiger partial charge in [0, 0.05) is 30.3 Å². The van der Waals surface area contributed by atoms with Crippen LogP contribution in [0.2, 0.25) is 0 Å². The van der Waals surface area contributed by atoms with E-state index in [9.17, 15) is 22.7 Å². The molecule has 160 valence electrons. The van der Waals surface area contributed by atoms with Crippen molar-refractivity contribution < 1.29 is 32.7 Å². The average Bonchev–Trinajstić information content (AvgIpc) is 3.04. The number of aliphatic hydroxyl groups is 1. The molecule has 3 atom stereocenters. The fourth-order valence-electron chi connectivity index (χ4n) is 2.94. The Balaban J connectivity index is 2.10.